The Hall–Kier alpha value is -2.29. The third-order valence-corrected chi connectivity index (χ3v) is 8.81. The van der Waals surface area contributed by atoms with Gasteiger partial charge in [0.25, 0.3) is 5.56 Å². The van der Waals surface area contributed by atoms with Gasteiger partial charge in [0.1, 0.15) is 10.8 Å². The van der Waals surface area contributed by atoms with Crippen molar-refractivity contribution in [1.29, 1.82) is 0 Å². The van der Waals surface area contributed by atoms with Gasteiger partial charge in [-0.25, -0.2) is 9.37 Å². The highest BCUT2D eigenvalue weighted by molar-refractivity contribution is 8.00. The molecule has 0 saturated heterocycles. The van der Waals surface area contributed by atoms with Crippen LogP contribution in [0.1, 0.15) is 42.7 Å². The zero-order chi connectivity index (χ0) is 23.8. The van der Waals surface area contributed by atoms with E-state index in [1.54, 1.807) is 16.3 Å². The van der Waals surface area contributed by atoms with Crippen molar-refractivity contribution in [3.63, 3.8) is 0 Å². The topological polar surface area (TPSA) is 64.0 Å². The number of thioether (sulfide) groups is 2. The van der Waals surface area contributed by atoms with Crippen LogP contribution in [0, 0.1) is 12.7 Å². The number of hydrogen-bond acceptors (Lipinski definition) is 5. The van der Waals surface area contributed by atoms with Crippen molar-refractivity contribution < 1.29 is 9.18 Å². The molecular weight excluding hydrogens is 493 g/mol. The van der Waals surface area contributed by atoms with E-state index in [1.165, 1.54) is 36.4 Å². The summed E-state index contributed by atoms with van der Waals surface area (Å²) in [4.78, 5) is 31.3. The maximum atomic E-state index is 13.8. The minimum Gasteiger partial charge on any atom is -0.325 e. The summed E-state index contributed by atoms with van der Waals surface area (Å²) in [5, 5.41) is 4.37. The van der Waals surface area contributed by atoms with Gasteiger partial charge in [0.05, 0.1) is 22.0 Å². The molecule has 5 nitrogen and oxygen atoms in total. The van der Waals surface area contributed by atoms with Gasteiger partial charge in [-0.15, -0.1) is 11.8 Å². The van der Waals surface area contributed by atoms with Crippen LogP contribution in [0.2, 0.25) is 5.02 Å². The number of aromatic nitrogens is 2. The largest absolute Gasteiger partial charge is 0.325 e. The molecule has 2 atom stereocenters. The summed E-state index contributed by atoms with van der Waals surface area (Å²) in [6.07, 6.45) is 4.43. The van der Waals surface area contributed by atoms with Gasteiger partial charge in [-0.2, -0.15) is 0 Å². The van der Waals surface area contributed by atoms with Gasteiger partial charge in [-0.05, 0) is 55.7 Å². The molecule has 1 saturated carbocycles. The fourth-order valence-electron chi connectivity index (χ4n) is 4.61. The number of carbonyl (C=O) groups excluding carboxylic acids is 1. The molecule has 2 aromatic carbocycles. The van der Waals surface area contributed by atoms with E-state index in [1.807, 2.05) is 31.2 Å². The first-order chi connectivity index (χ1) is 16.4. The van der Waals surface area contributed by atoms with Gasteiger partial charge >= 0.3 is 0 Å². The molecule has 2 aliphatic rings. The molecule has 0 radical (unpaired) electrons. The third-order valence-electron chi connectivity index (χ3n) is 6.18. The van der Waals surface area contributed by atoms with Crippen molar-refractivity contribution in [3.05, 3.63) is 74.8 Å². The fourth-order valence-corrected chi connectivity index (χ4v) is 7.16. The van der Waals surface area contributed by atoms with Crippen molar-refractivity contribution >= 4 is 46.7 Å². The lowest BCUT2D eigenvalue weighted by Gasteiger charge is -2.24. The Morgan fingerprint density at radius 2 is 2.09 bits per heavy atom. The van der Waals surface area contributed by atoms with Crippen LogP contribution in [-0.2, 0) is 4.79 Å². The normalized spacial score (nSPS) is 18.9. The Balaban J connectivity index is 1.46. The predicted molar refractivity (Wildman–Crippen MR) is 136 cm³/mol. The molecule has 9 heteroatoms. The average Bonchev–Trinajstić information content (AvgIpc) is 3.19. The van der Waals surface area contributed by atoms with E-state index in [2.05, 4.69) is 5.32 Å². The van der Waals surface area contributed by atoms with Crippen LogP contribution < -0.4 is 10.9 Å². The van der Waals surface area contributed by atoms with Crippen LogP contribution in [0.4, 0.5) is 10.1 Å². The Kier molecular flexibility index (Phi) is 6.73. The van der Waals surface area contributed by atoms with Crippen LogP contribution in [0.3, 0.4) is 0 Å². The smallest absolute Gasteiger partial charge is 0.263 e. The van der Waals surface area contributed by atoms with Gasteiger partial charge < -0.3 is 5.32 Å². The maximum absolute atomic E-state index is 13.8. The summed E-state index contributed by atoms with van der Waals surface area (Å²) < 4.78 is 15.1. The number of benzene rings is 2. The van der Waals surface area contributed by atoms with Crippen LogP contribution in [0.25, 0.3) is 5.69 Å². The molecule has 2 heterocycles. The minimum atomic E-state index is -0.545. The van der Waals surface area contributed by atoms with Gasteiger partial charge in [0, 0.05) is 16.9 Å². The fraction of sp³-hybridized carbons (Fsp3) is 0.320. The molecule has 1 amide bonds. The number of aryl methyl sites for hydroxylation is 1. The molecule has 0 unspecified atom stereocenters. The van der Waals surface area contributed by atoms with Crippen molar-refractivity contribution in [3.8, 4) is 5.69 Å². The Morgan fingerprint density at radius 1 is 1.26 bits per heavy atom. The Morgan fingerprint density at radius 3 is 2.88 bits per heavy atom. The number of carbonyl (C=O) groups is 1. The third kappa shape index (κ3) is 4.63. The molecule has 1 N–H and O–H groups in total. The van der Waals surface area contributed by atoms with Crippen LogP contribution in [0.15, 0.2) is 57.4 Å². The van der Waals surface area contributed by atoms with Crippen molar-refractivity contribution in [2.45, 2.75) is 54.0 Å². The number of nitrogens with zero attached hydrogens (tertiary/aromatic N) is 2. The number of hydrogen-bond donors (Lipinski definition) is 1. The highest BCUT2D eigenvalue weighted by atomic mass is 35.5. The van der Waals surface area contributed by atoms with E-state index in [-0.39, 0.29) is 28.2 Å². The SMILES string of the molecule is Cc1cccc(-n2c(SCC(=O)Nc3ccc(F)c(Cl)c3)nc3c(c2=O)[C@H]2CCCC[C@H]2S3)c1. The van der Waals surface area contributed by atoms with Crippen LogP contribution >= 0.6 is 35.1 Å². The van der Waals surface area contributed by atoms with Crippen molar-refractivity contribution in [2.24, 2.45) is 0 Å². The van der Waals surface area contributed by atoms with Gasteiger partial charge in [-0.3, -0.25) is 14.2 Å². The lowest BCUT2D eigenvalue weighted by molar-refractivity contribution is -0.113. The number of anilines is 1. The number of nitrogens with one attached hydrogen (secondary N) is 1. The second-order valence-corrected chi connectivity index (χ2v) is 11.2. The van der Waals surface area contributed by atoms with Crippen molar-refractivity contribution in [2.75, 3.05) is 11.1 Å². The molecule has 1 aliphatic heterocycles. The number of amides is 1. The molecule has 0 spiro atoms. The lowest BCUT2D eigenvalue weighted by atomic mass is 9.85. The molecule has 1 aliphatic carbocycles. The van der Waals surface area contributed by atoms with Crippen LogP contribution in [-0.4, -0.2) is 26.5 Å². The molecule has 0 bridgehead atoms. The molecular formula is C25H23ClFN3O2S2. The first kappa shape index (κ1) is 23.5. The van der Waals surface area contributed by atoms with E-state index in [0.717, 1.165) is 41.1 Å². The van der Waals surface area contributed by atoms with E-state index >= 15 is 0 Å². The van der Waals surface area contributed by atoms with E-state index in [9.17, 15) is 14.0 Å². The molecule has 1 fully saturated rings. The van der Waals surface area contributed by atoms with Crippen LogP contribution in [0.5, 0.6) is 0 Å². The van der Waals surface area contributed by atoms with Crippen molar-refractivity contribution in [1.82, 2.24) is 9.55 Å². The molecule has 176 valence electrons. The summed E-state index contributed by atoms with van der Waals surface area (Å²) in [5.41, 5.74) is 2.99. The summed E-state index contributed by atoms with van der Waals surface area (Å²) in [6.45, 7) is 1.98. The zero-order valence-corrected chi connectivity index (χ0v) is 20.9. The quantitative estimate of drug-likeness (QED) is 0.249. The highest BCUT2D eigenvalue weighted by Gasteiger charge is 2.39. The number of fused-ring (bicyclic) bond motifs is 3. The molecule has 1 aromatic heterocycles. The average molecular weight is 516 g/mol. The van der Waals surface area contributed by atoms with Gasteiger partial charge in [0.2, 0.25) is 5.91 Å². The zero-order valence-electron chi connectivity index (χ0n) is 18.5. The molecule has 5 rings (SSSR count). The molecule has 3 aromatic rings. The summed E-state index contributed by atoms with van der Waals surface area (Å²) in [6, 6.07) is 11.8. The summed E-state index contributed by atoms with van der Waals surface area (Å²) in [7, 11) is 0. The summed E-state index contributed by atoms with van der Waals surface area (Å²) in [5.74, 6) is -0.546. The first-order valence-electron chi connectivity index (χ1n) is 11.2. The standard InChI is InChI=1S/C25H23ClFN3O2S2/c1-14-5-4-6-16(11-14)30-24(32)22-17-7-2-3-8-20(17)34-23(22)29-25(30)33-13-21(31)28-15-9-10-19(27)18(26)12-15/h4-6,9-12,17,20H,2-3,7-8,13H2,1H3,(H,28,31)/t17-,20+/m0/s1. The monoisotopic (exact) mass is 515 g/mol. The predicted octanol–water partition coefficient (Wildman–Crippen LogP) is 6.20. The second kappa shape index (κ2) is 9.76. The maximum Gasteiger partial charge on any atom is 0.263 e. The second-order valence-electron chi connectivity index (χ2n) is 8.61. The van der Waals surface area contributed by atoms with Gasteiger partial charge in [-0.1, -0.05) is 48.3 Å². The summed E-state index contributed by atoms with van der Waals surface area (Å²) >= 11 is 8.74. The minimum absolute atomic E-state index is 0.0364. The van der Waals surface area contributed by atoms with E-state index < -0.39 is 5.82 Å². The molecule has 34 heavy (non-hydrogen) atoms. The highest BCUT2D eigenvalue weighted by Crippen LogP contribution is 2.50. The first-order valence-corrected chi connectivity index (χ1v) is 13.4. The van der Waals surface area contributed by atoms with E-state index in [0.29, 0.717) is 16.1 Å². The Labute approximate surface area is 210 Å². The number of halogens is 2. The Bertz CT molecular complexity index is 1330. The van der Waals surface area contributed by atoms with Gasteiger partial charge in [0.15, 0.2) is 5.16 Å². The van der Waals surface area contributed by atoms with E-state index in [4.69, 9.17) is 16.6 Å². The lowest BCUT2D eigenvalue weighted by Crippen LogP contribution is -2.29. The number of rotatable bonds is 5.